The fourth-order valence-corrected chi connectivity index (χ4v) is 0.994. The maximum Gasteiger partial charge on any atom is 0.169 e. The number of carboxylic acid groups (broad SMARTS) is 1. The molecular formula is C10H5F4O2-. The normalized spacial score (nSPS) is 11.7. The number of rotatable bonds is 2. The number of halogens is 4. The van der Waals surface area contributed by atoms with Gasteiger partial charge in [0.25, 0.3) is 0 Å². The Morgan fingerprint density at radius 2 is 1.62 bits per heavy atom. The Morgan fingerprint density at radius 1 is 1.19 bits per heavy atom. The third kappa shape index (κ3) is 2.21. The maximum atomic E-state index is 13.0. The Hall–Kier alpha value is -1.85. The lowest BCUT2D eigenvalue weighted by Crippen LogP contribution is -2.23. The molecule has 0 amide bonds. The van der Waals surface area contributed by atoms with E-state index in [1.165, 1.54) is 0 Å². The average Bonchev–Trinajstić information content (AvgIpc) is 2.21. The van der Waals surface area contributed by atoms with Crippen LogP contribution < -0.4 is 5.11 Å². The van der Waals surface area contributed by atoms with E-state index in [0.29, 0.717) is 6.08 Å². The molecule has 0 aliphatic heterocycles. The van der Waals surface area contributed by atoms with E-state index in [9.17, 15) is 27.5 Å². The Bertz CT molecular complexity index is 454. The van der Waals surface area contributed by atoms with Crippen molar-refractivity contribution in [2.45, 2.75) is 6.92 Å². The van der Waals surface area contributed by atoms with Gasteiger partial charge in [-0.05, 0) is 18.6 Å². The Kier molecular flexibility index (Phi) is 3.31. The molecule has 0 aromatic heterocycles. The molecule has 16 heavy (non-hydrogen) atoms. The number of hydrogen-bond acceptors (Lipinski definition) is 2. The van der Waals surface area contributed by atoms with E-state index in [2.05, 4.69) is 0 Å². The van der Waals surface area contributed by atoms with E-state index >= 15 is 0 Å². The van der Waals surface area contributed by atoms with Crippen molar-refractivity contribution in [2.24, 2.45) is 0 Å². The van der Waals surface area contributed by atoms with E-state index in [-0.39, 0.29) is 6.07 Å². The summed E-state index contributed by atoms with van der Waals surface area (Å²) in [6.45, 7) is 0.983. The molecule has 1 aromatic carbocycles. The first kappa shape index (κ1) is 12.2. The summed E-state index contributed by atoms with van der Waals surface area (Å²) in [4.78, 5) is 10.3. The molecule has 1 rings (SSSR count). The van der Waals surface area contributed by atoms with Gasteiger partial charge >= 0.3 is 0 Å². The molecule has 0 spiro atoms. The summed E-state index contributed by atoms with van der Waals surface area (Å²) in [7, 11) is 0. The lowest BCUT2D eigenvalue weighted by molar-refractivity contribution is -0.299. The van der Waals surface area contributed by atoms with Crippen LogP contribution in [-0.4, -0.2) is 5.97 Å². The summed E-state index contributed by atoms with van der Waals surface area (Å²) in [5, 5.41) is 10.3. The number of carbonyl (C=O) groups is 1. The molecule has 0 bridgehead atoms. The van der Waals surface area contributed by atoms with Crippen molar-refractivity contribution in [3.05, 3.63) is 40.5 Å². The fourth-order valence-electron chi connectivity index (χ4n) is 0.994. The van der Waals surface area contributed by atoms with Crippen LogP contribution in [0.5, 0.6) is 0 Å². The molecule has 0 unspecified atom stereocenters. The zero-order chi connectivity index (χ0) is 12.5. The predicted octanol–water partition coefficient (Wildman–Crippen LogP) is 1.40. The predicted molar refractivity (Wildman–Crippen MR) is 44.9 cm³/mol. The van der Waals surface area contributed by atoms with Crippen molar-refractivity contribution in [1.82, 2.24) is 0 Å². The molecule has 0 fully saturated rings. The van der Waals surface area contributed by atoms with Crippen molar-refractivity contribution in [2.75, 3.05) is 0 Å². The quantitative estimate of drug-likeness (QED) is 0.440. The molecule has 0 atom stereocenters. The molecule has 0 radical (unpaired) electrons. The van der Waals surface area contributed by atoms with Gasteiger partial charge in [-0.15, -0.1) is 0 Å². The second kappa shape index (κ2) is 4.34. The van der Waals surface area contributed by atoms with Crippen molar-refractivity contribution >= 4 is 12.0 Å². The van der Waals surface area contributed by atoms with E-state index in [0.717, 1.165) is 6.92 Å². The lowest BCUT2D eigenvalue weighted by atomic mass is 10.1. The minimum absolute atomic E-state index is 0.0381. The summed E-state index contributed by atoms with van der Waals surface area (Å²) >= 11 is 0. The fraction of sp³-hybridized carbons (Fsp3) is 0.100. The minimum Gasteiger partial charge on any atom is -0.545 e. The van der Waals surface area contributed by atoms with Gasteiger partial charge in [0, 0.05) is 6.07 Å². The van der Waals surface area contributed by atoms with Gasteiger partial charge in [-0.2, -0.15) is 0 Å². The first-order valence-electron chi connectivity index (χ1n) is 4.07. The zero-order valence-electron chi connectivity index (χ0n) is 7.98. The summed E-state index contributed by atoms with van der Waals surface area (Å²) in [5.41, 5.74) is -1.64. The molecule has 2 nitrogen and oxygen atoms in total. The Morgan fingerprint density at radius 3 is 2.00 bits per heavy atom. The minimum atomic E-state index is -1.69. The lowest BCUT2D eigenvalue weighted by Gasteiger charge is -2.05. The summed E-state index contributed by atoms with van der Waals surface area (Å²) < 4.78 is 51.4. The number of carbonyl (C=O) groups excluding carboxylic acids is 1. The monoisotopic (exact) mass is 233 g/mol. The van der Waals surface area contributed by atoms with E-state index < -0.39 is 40.4 Å². The third-order valence-corrected chi connectivity index (χ3v) is 1.83. The molecular weight excluding hydrogens is 228 g/mol. The average molecular weight is 233 g/mol. The summed E-state index contributed by atoms with van der Waals surface area (Å²) in [5.74, 6) is -8.20. The van der Waals surface area contributed by atoms with Crippen LogP contribution in [0.15, 0.2) is 11.6 Å². The Balaban J connectivity index is 3.44. The standard InChI is InChI=1S/C10H6F4O2/c1-4(10(15)16)2-5-8(13)6(11)3-7(12)9(5)14/h2-3H,1H3,(H,15,16)/p-1/b4-2+. The number of aliphatic carboxylic acids is 1. The van der Waals surface area contributed by atoms with Crippen LogP contribution >= 0.6 is 0 Å². The van der Waals surface area contributed by atoms with Gasteiger partial charge in [-0.25, -0.2) is 17.6 Å². The van der Waals surface area contributed by atoms with E-state index in [4.69, 9.17) is 0 Å². The molecule has 86 valence electrons. The molecule has 1 aromatic rings. The zero-order valence-corrected chi connectivity index (χ0v) is 7.98. The molecule has 0 heterocycles. The van der Waals surface area contributed by atoms with Crippen molar-refractivity contribution < 1.29 is 27.5 Å². The van der Waals surface area contributed by atoms with E-state index in [1.807, 2.05) is 0 Å². The topological polar surface area (TPSA) is 40.1 Å². The van der Waals surface area contributed by atoms with Crippen molar-refractivity contribution in [3.63, 3.8) is 0 Å². The number of benzene rings is 1. The van der Waals surface area contributed by atoms with Crippen LogP contribution in [0.25, 0.3) is 6.08 Å². The second-order valence-corrected chi connectivity index (χ2v) is 3.00. The van der Waals surface area contributed by atoms with Gasteiger partial charge < -0.3 is 9.90 Å². The third-order valence-electron chi connectivity index (χ3n) is 1.83. The smallest absolute Gasteiger partial charge is 0.169 e. The molecule has 0 aliphatic carbocycles. The van der Waals surface area contributed by atoms with Crippen molar-refractivity contribution in [1.29, 1.82) is 0 Å². The van der Waals surface area contributed by atoms with Crippen LogP contribution in [0.3, 0.4) is 0 Å². The largest absolute Gasteiger partial charge is 0.545 e. The highest BCUT2D eigenvalue weighted by molar-refractivity contribution is 5.89. The van der Waals surface area contributed by atoms with Crippen molar-refractivity contribution in [3.8, 4) is 0 Å². The summed E-state index contributed by atoms with van der Waals surface area (Å²) in [6.07, 6.45) is 0.464. The van der Waals surface area contributed by atoms with Gasteiger partial charge in [0.05, 0.1) is 11.5 Å². The van der Waals surface area contributed by atoms with Gasteiger partial charge in [-0.3, -0.25) is 0 Å². The summed E-state index contributed by atoms with van der Waals surface area (Å²) in [6, 6.07) is 0.0381. The highest BCUT2D eigenvalue weighted by atomic mass is 19.2. The molecule has 6 heteroatoms. The van der Waals surface area contributed by atoms with E-state index in [1.54, 1.807) is 0 Å². The van der Waals surface area contributed by atoms with Gasteiger partial charge in [0.1, 0.15) is 0 Å². The SMILES string of the molecule is C/C(=C\c1c(F)c(F)cc(F)c1F)C(=O)[O-]. The Labute approximate surface area is 87.8 Å². The molecule has 0 N–H and O–H groups in total. The van der Waals surface area contributed by atoms with Gasteiger partial charge in [0.2, 0.25) is 0 Å². The number of carboxylic acids is 1. The first-order valence-corrected chi connectivity index (χ1v) is 4.07. The van der Waals surface area contributed by atoms with Crippen LogP contribution in [0.1, 0.15) is 12.5 Å². The second-order valence-electron chi connectivity index (χ2n) is 3.00. The maximum absolute atomic E-state index is 13.0. The molecule has 0 aliphatic rings. The van der Waals surface area contributed by atoms with Gasteiger partial charge in [-0.1, -0.05) is 0 Å². The van der Waals surface area contributed by atoms with Gasteiger partial charge in [0.15, 0.2) is 23.3 Å². The number of hydrogen-bond donors (Lipinski definition) is 0. The highest BCUT2D eigenvalue weighted by Crippen LogP contribution is 2.21. The van der Waals surface area contributed by atoms with Crippen LogP contribution in [0.2, 0.25) is 0 Å². The molecule has 0 saturated carbocycles. The van der Waals surface area contributed by atoms with Crippen LogP contribution in [0, 0.1) is 23.3 Å². The highest BCUT2D eigenvalue weighted by Gasteiger charge is 2.17. The van der Waals surface area contributed by atoms with Crippen LogP contribution in [0.4, 0.5) is 17.6 Å². The molecule has 0 saturated heterocycles. The first-order chi connectivity index (χ1) is 7.34. The van der Waals surface area contributed by atoms with Crippen LogP contribution in [-0.2, 0) is 4.79 Å².